The molecule has 0 aliphatic carbocycles. The van der Waals surface area contributed by atoms with Crippen LogP contribution in [0.5, 0.6) is 23.0 Å². The molecule has 0 heterocycles. The van der Waals surface area contributed by atoms with Gasteiger partial charge in [0.05, 0.1) is 44.1 Å². The van der Waals surface area contributed by atoms with E-state index in [1.165, 1.54) is 83.0 Å². The fourth-order valence-corrected chi connectivity index (χ4v) is 4.13. The summed E-state index contributed by atoms with van der Waals surface area (Å²) in [6, 6.07) is 19.5. The highest BCUT2D eigenvalue weighted by atomic mass is 35.5. The van der Waals surface area contributed by atoms with Crippen LogP contribution in [0.1, 0.15) is 31.1 Å². The summed E-state index contributed by atoms with van der Waals surface area (Å²) in [5.41, 5.74) is 0.809. The first-order valence-corrected chi connectivity index (χ1v) is 13.6. The fraction of sp³-hybridized carbons (Fsp3) is 0.129. The van der Waals surface area contributed by atoms with Crippen LogP contribution in [-0.2, 0) is 0 Å². The van der Waals surface area contributed by atoms with Crippen LogP contribution < -0.4 is 29.6 Å². The van der Waals surface area contributed by atoms with Crippen molar-refractivity contribution in [3.8, 4) is 23.0 Å². The van der Waals surface area contributed by atoms with Gasteiger partial charge in [0.25, 0.3) is 22.7 Å². The van der Waals surface area contributed by atoms with Crippen molar-refractivity contribution in [2.75, 3.05) is 39.1 Å². The molecule has 12 nitrogen and oxygen atoms in total. The van der Waals surface area contributed by atoms with Gasteiger partial charge in [0.2, 0.25) is 0 Å². The number of hydrogen-bond donors (Lipinski definition) is 2. The van der Waals surface area contributed by atoms with Crippen LogP contribution in [-0.4, -0.2) is 50.4 Å². The van der Waals surface area contributed by atoms with E-state index < -0.39 is 22.0 Å². The van der Waals surface area contributed by atoms with Crippen LogP contribution in [0, 0.1) is 10.1 Å². The summed E-state index contributed by atoms with van der Waals surface area (Å²) in [5.74, 6) is 0.795. The highest BCUT2D eigenvalue weighted by Crippen LogP contribution is 2.31. The molecular formula is C31H27Cl2N3O9. The first-order valence-electron chi connectivity index (χ1n) is 12.8. The second kappa shape index (κ2) is 15.9. The van der Waals surface area contributed by atoms with E-state index in [0.717, 1.165) is 0 Å². The lowest BCUT2D eigenvalue weighted by Crippen LogP contribution is -2.15. The van der Waals surface area contributed by atoms with Gasteiger partial charge in [-0.2, -0.15) is 0 Å². The molecule has 4 aromatic carbocycles. The number of nitro groups is 1. The molecule has 45 heavy (non-hydrogen) atoms. The second-order valence-electron chi connectivity index (χ2n) is 8.79. The second-order valence-corrected chi connectivity index (χ2v) is 9.54. The number of benzene rings is 4. The van der Waals surface area contributed by atoms with Crippen molar-refractivity contribution in [3.63, 3.8) is 0 Å². The number of para-hydroxylation sites is 1. The number of halogens is 2. The minimum absolute atomic E-state index is 0.0941. The average Bonchev–Trinajstić information content (AvgIpc) is 3.05. The number of ether oxygens (including phenoxy) is 4. The van der Waals surface area contributed by atoms with Crippen molar-refractivity contribution in [1.29, 1.82) is 0 Å². The number of amides is 2. The van der Waals surface area contributed by atoms with E-state index >= 15 is 0 Å². The molecule has 2 amide bonds. The molecule has 4 aromatic rings. The van der Waals surface area contributed by atoms with Crippen molar-refractivity contribution in [3.05, 3.63) is 111 Å². The van der Waals surface area contributed by atoms with Crippen LogP contribution >= 0.6 is 23.2 Å². The topological polar surface area (TPSA) is 155 Å². The highest BCUT2D eigenvalue weighted by molar-refractivity contribution is 6.67. The quantitative estimate of drug-likeness (QED) is 0.106. The third-order valence-electron chi connectivity index (χ3n) is 6.07. The smallest absolute Gasteiger partial charge is 0.282 e. The number of anilines is 2. The minimum atomic E-state index is -0.670. The molecule has 0 spiro atoms. The van der Waals surface area contributed by atoms with Crippen molar-refractivity contribution in [2.24, 2.45) is 0 Å². The molecule has 0 atom stereocenters. The molecule has 234 valence electrons. The molecule has 0 unspecified atom stereocenters. The molecule has 0 fully saturated rings. The number of carbonyl (C=O) groups excluding carboxylic acids is 3. The molecule has 0 bridgehead atoms. The van der Waals surface area contributed by atoms with Gasteiger partial charge in [0.1, 0.15) is 5.56 Å². The lowest BCUT2D eigenvalue weighted by atomic mass is 10.1. The van der Waals surface area contributed by atoms with Gasteiger partial charge >= 0.3 is 0 Å². The third kappa shape index (κ3) is 8.85. The number of carbonyl (C=O) groups is 3. The predicted molar refractivity (Wildman–Crippen MR) is 170 cm³/mol. The first kappa shape index (κ1) is 34.2. The first-order chi connectivity index (χ1) is 21.5. The van der Waals surface area contributed by atoms with Gasteiger partial charge in [0.15, 0.2) is 23.0 Å². The van der Waals surface area contributed by atoms with E-state index in [0.29, 0.717) is 39.8 Å². The van der Waals surface area contributed by atoms with Crippen LogP contribution in [0.2, 0.25) is 5.02 Å². The molecule has 14 heteroatoms. The van der Waals surface area contributed by atoms with E-state index in [2.05, 4.69) is 10.6 Å². The fourth-order valence-electron chi connectivity index (χ4n) is 3.85. The van der Waals surface area contributed by atoms with Crippen molar-refractivity contribution in [1.82, 2.24) is 0 Å². The molecule has 4 rings (SSSR count). The molecule has 0 radical (unpaired) electrons. The molecular weight excluding hydrogens is 629 g/mol. The lowest BCUT2D eigenvalue weighted by molar-refractivity contribution is -0.385. The SMILES string of the molecule is COc1ccc(C(=O)Cl)cc1OC.COc1ccc(C(=O)Nc2cc(NC(=O)c3ccccc3[N+](=O)[O-])ccc2Cl)cc1OC. The maximum atomic E-state index is 12.7. The zero-order valence-corrected chi connectivity index (χ0v) is 25.9. The molecule has 0 aromatic heterocycles. The minimum Gasteiger partial charge on any atom is -0.493 e. The van der Waals surface area contributed by atoms with Crippen LogP contribution in [0.4, 0.5) is 17.1 Å². The van der Waals surface area contributed by atoms with E-state index in [-0.39, 0.29) is 22.0 Å². The number of methoxy groups -OCH3 is 4. The van der Waals surface area contributed by atoms with Gasteiger partial charge in [-0.25, -0.2) is 0 Å². The van der Waals surface area contributed by atoms with Crippen molar-refractivity contribution >= 4 is 57.3 Å². The summed E-state index contributed by atoms with van der Waals surface area (Å²) in [7, 11) is 5.97. The van der Waals surface area contributed by atoms with Crippen molar-refractivity contribution in [2.45, 2.75) is 0 Å². The Bertz CT molecular complexity index is 1730. The monoisotopic (exact) mass is 655 g/mol. The number of hydrogen-bond acceptors (Lipinski definition) is 9. The molecule has 0 aliphatic heterocycles. The Balaban J connectivity index is 0.000000355. The van der Waals surface area contributed by atoms with E-state index in [1.807, 2.05) is 0 Å². The van der Waals surface area contributed by atoms with Crippen molar-refractivity contribution < 1.29 is 38.3 Å². The van der Waals surface area contributed by atoms with Gasteiger partial charge < -0.3 is 29.6 Å². The molecule has 0 saturated carbocycles. The van der Waals surface area contributed by atoms with Crippen LogP contribution in [0.3, 0.4) is 0 Å². The summed E-state index contributed by atoms with van der Waals surface area (Å²) in [6.45, 7) is 0. The average molecular weight is 656 g/mol. The van der Waals surface area contributed by atoms with E-state index in [9.17, 15) is 24.5 Å². The van der Waals surface area contributed by atoms with Gasteiger partial charge in [-0.15, -0.1) is 0 Å². The van der Waals surface area contributed by atoms with E-state index in [1.54, 1.807) is 24.3 Å². The Labute approximate surface area is 267 Å². The Morgan fingerprint density at radius 1 is 0.689 bits per heavy atom. The largest absolute Gasteiger partial charge is 0.493 e. The summed E-state index contributed by atoms with van der Waals surface area (Å²) < 4.78 is 20.3. The maximum absolute atomic E-state index is 12.7. The number of rotatable bonds is 10. The summed E-state index contributed by atoms with van der Waals surface area (Å²) in [5, 5.41) is 16.1. The molecule has 2 N–H and O–H groups in total. The van der Waals surface area contributed by atoms with E-state index in [4.69, 9.17) is 42.1 Å². The molecule has 0 saturated heterocycles. The molecule has 0 aliphatic rings. The zero-order chi connectivity index (χ0) is 33.1. The Morgan fingerprint density at radius 2 is 1.24 bits per heavy atom. The zero-order valence-electron chi connectivity index (χ0n) is 24.4. The van der Waals surface area contributed by atoms with Gasteiger partial charge in [-0.3, -0.25) is 24.5 Å². The van der Waals surface area contributed by atoms with Gasteiger partial charge in [-0.1, -0.05) is 23.7 Å². The number of nitrogens with one attached hydrogen (secondary N) is 2. The summed E-state index contributed by atoms with van der Waals surface area (Å²) >= 11 is 11.5. The Morgan fingerprint density at radius 3 is 1.80 bits per heavy atom. The van der Waals surface area contributed by atoms with Gasteiger partial charge in [0, 0.05) is 22.9 Å². The standard InChI is InChI=1S/C22H18ClN3O6.C9H9ClO3/c1-31-19-10-7-13(11-20(19)32-2)21(27)25-17-12-14(8-9-16(17)23)24-22(28)15-5-3-4-6-18(15)26(29)30;1-12-7-4-3-6(9(10)11)5-8(7)13-2/h3-12H,1-2H3,(H,24,28)(H,25,27);3-5H,1-2H3. The number of nitro benzene ring substituents is 1. The predicted octanol–water partition coefficient (Wildman–Crippen LogP) is 6.85. The van der Waals surface area contributed by atoms with Crippen LogP contribution in [0.25, 0.3) is 0 Å². The highest BCUT2D eigenvalue weighted by Gasteiger charge is 2.20. The Hall–Kier alpha value is -5.33. The maximum Gasteiger partial charge on any atom is 0.282 e. The summed E-state index contributed by atoms with van der Waals surface area (Å²) in [4.78, 5) is 46.5. The summed E-state index contributed by atoms with van der Waals surface area (Å²) in [6.07, 6.45) is 0. The van der Waals surface area contributed by atoms with Crippen LogP contribution in [0.15, 0.2) is 78.9 Å². The lowest BCUT2D eigenvalue weighted by Gasteiger charge is -2.12. The number of nitrogens with zero attached hydrogens (tertiary/aromatic N) is 1. The third-order valence-corrected chi connectivity index (χ3v) is 6.62. The Kier molecular flexibility index (Phi) is 12.1. The van der Waals surface area contributed by atoms with Gasteiger partial charge in [-0.05, 0) is 72.3 Å². The normalized spacial score (nSPS) is 10.0.